The fourth-order valence-corrected chi connectivity index (χ4v) is 2.43. The summed E-state index contributed by atoms with van der Waals surface area (Å²) >= 11 is 6.05. The van der Waals surface area contributed by atoms with Gasteiger partial charge in [-0.3, -0.25) is 0 Å². The minimum atomic E-state index is 0.264. The van der Waals surface area contributed by atoms with E-state index >= 15 is 0 Å². The maximum absolute atomic E-state index is 8.89. The molecule has 0 saturated carbocycles. The first-order valence-electron chi connectivity index (χ1n) is 6.76. The molecule has 1 N–H and O–H groups in total. The number of nitriles is 1. The maximum Gasteiger partial charge on any atom is 0.101 e. The third-order valence-corrected chi connectivity index (χ3v) is 3.71. The van der Waals surface area contributed by atoms with Gasteiger partial charge in [-0.1, -0.05) is 41.9 Å². The molecule has 0 bridgehead atoms. The van der Waals surface area contributed by atoms with Crippen LogP contribution >= 0.6 is 11.6 Å². The molecule has 4 heteroatoms. The molecule has 0 aliphatic carbocycles. The average molecular weight is 300 g/mol. The van der Waals surface area contributed by atoms with Crippen LogP contribution in [0.2, 0.25) is 5.02 Å². The average Bonchev–Trinajstić information content (AvgIpc) is 2.48. The smallest absolute Gasteiger partial charge is 0.101 e. The summed E-state index contributed by atoms with van der Waals surface area (Å²) in [5.74, 6) is 0. The predicted octanol–water partition coefficient (Wildman–Crippen LogP) is 3.93. The van der Waals surface area contributed by atoms with Gasteiger partial charge in [0.05, 0.1) is 16.6 Å². The Kier molecular flexibility index (Phi) is 5.21. The molecule has 0 fully saturated rings. The van der Waals surface area contributed by atoms with Gasteiger partial charge in [0.2, 0.25) is 0 Å². The second kappa shape index (κ2) is 7.12. The van der Waals surface area contributed by atoms with Crippen molar-refractivity contribution in [2.24, 2.45) is 0 Å². The number of benzene rings is 2. The lowest BCUT2D eigenvalue weighted by molar-refractivity contribution is 0.312. The van der Waals surface area contributed by atoms with Crippen LogP contribution in [0.25, 0.3) is 0 Å². The summed E-state index contributed by atoms with van der Waals surface area (Å²) in [5, 5.41) is 12.7. The van der Waals surface area contributed by atoms with Crippen LogP contribution in [0.15, 0.2) is 48.5 Å². The van der Waals surface area contributed by atoms with Crippen molar-refractivity contribution in [2.75, 3.05) is 26.0 Å². The molecule has 2 rings (SSSR count). The van der Waals surface area contributed by atoms with E-state index in [1.807, 2.05) is 24.3 Å². The summed E-state index contributed by atoms with van der Waals surface area (Å²) in [7, 11) is 4.12. The monoisotopic (exact) mass is 299 g/mol. The second-order valence-electron chi connectivity index (χ2n) is 5.08. The van der Waals surface area contributed by atoms with Crippen LogP contribution in [0.3, 0.4) is 0 Å². The number of rotatable bonds is 5. The van der Waals surface area contributed by atoms with Gasteiger partial charge in [-0.25, -0.2) is 0 Å². The van der Waals surface area contributed by atoms with E-state index in [-0.39, 0.29) is 6.04 Å². The Morgan fingerprint density at radius 2 is 1.90 bits per heavy atom. The standard InChI is InChI=1S/C17H18ClN3/c1-21(2)17(13-6-4-3-5-7-13)12-20-15-9-8-14(11-19)16(18)10-15/h3-10,17,20H,12H2,1-2H3. The van der Waals surface area contributed by atoms with Gasteiger partial charge in [-0.2, -0.15) is 5.26 Å². The molecule has 108 valence electrons. The van der Waals surface area contributed by atoms with Crippen LogP contribution in [0, 0.1) is 11.3 Å². The van der Waals surface area contributed by atoms with E-state index in [9.17, 15) is 0 Å². The third-order valence-electron chi connectivity index (χ3n) is 3.40. The topological polar surface area (TPSA) is 39.1 Å². The van der Waals surface area contributed by atoms with Gasteiger partial charge in [0.25, 0.3) is 0 Å². The number of nitrogens with zero attached hydrogens (tertiary/aromatic N) is 2. The zero-order chi connectivity index (χ0) is 15.2. The summed E-state index contributed by atoms with van der Waals surface area (Å²) in [4.78, 5) is 2.17. The molecule has 0 radical (unpaired) electrons. The summed E-state index contributed by atoms with van der Waals surface area (Å²) in [5.41, 5.74) is 2.67. The highest BCUT2D eigenvalue weighted by Gasteiger charge is 2.13. The molecule has 3 nitrogen and oxygen atoms in total. The lowest BCUT2D eigenvalue weighted by Gasteiger charge is -2.25. The fraction of sp³-hybridized carbons (Fsp3) is 0.235. The van der Waals surface area contributed by atoms with E-state index in [0.29, 0.717) is 10.6 Å². The van der Waals surface area contributed by atoms with Gasteiger partial charge < -0.3 is 10.2 Å². The number of halogens is 1. The first kappa shape index (κ1) is 15.4. The van der Waals surface area contributed by atoms with Crippen LogP contribution in [-0.2, 0) is 0 Å². The largest absolute Gasteiger partial charge is 0.383 e. The van der Waals surface area contributed by atoms with Crippen molar-refractivity contribution < 1.29 is 0 Å². The van der Waals surface area contributed by atoms with E-state index < -0.39 is 0 Å². The van der Waals surface area contributed by atoms with Gasteiger partial charge in [0, 0.05) is 12.2 Å². The fourth-order valence-electron chi connectivity index (χ4n) is 2.20. The van der Waals surface area contributed by atoms with Crippen LogP contribution in [0.4, 0.5) is 5.69 Å². The Bertz CT molecular complexity index is 632. The highest BCUT2D eigenvalue weighted by atomic mass is 35.5. The van der Waals surface area contributed by atoms with Crippen molar-refractivity contribution >= 4 is 17.3 Å². The molecule has 0 aliphatic heterocycles. The zero-order valence-corrected chi connectivity index (χ0v) is 12.9. The van der Waals surface area contributed by atoms with E-state index in [1.165, 1.54) is 5.56 Å². The Morgan fingerprint density at radius 3 is 2.48 bits per heavy atom. The second-order valence-corrected chi connectivity index (χ2v) is 5.48. The molecular formula is C17H18ClN3. The minimum absolute atomic E-state index is 0.264. The van der Waals surface area contributed by atoms with E-state index in [2.05, 4.69) is 42.5 Å². The molecule has 0 amide bonds. The van der Waals surface area contributed by atoms with Gasteiger partial charge in [0.15, 0.2) is 0 Å². The van der Waals surface area contributed by atoms with Crippen molar-refractivity contribution in [2.45, 2.75) is 6.04 Å². The van der Waals surface area contributed by atoms with Gasteiger partial charge in [-0.15, -0.1) is 0 Å². The van der Waals surface area contributed by atoms with Crippen LogP contribution in [-0.4, -0.2) is 25.5 Å². The van der Waals surface area contributed by atoms with E-state index in [1.54, 1.807) is 12.1 Å². The Hall–Kier alpha value is -2.02. The van der Waals surface area contributed by atoms with Crippen molar-refractivity contribution in [3.63, 3.8) is 0 Å². The molecule has 1 atom stereocenters. The molecule has 0 aromatic heterocycles. The number of nitrogens with one attached hydrogen (secondary N) is 1. The first-order chi connectivity index (χ1) is 10.1. The van der Waals surface area contributed by atoms with Gasteiger partial charge >= 0.3 is 0 Å². The molecule has 21 heavy (non-hydrogen) atoms. The quantitative estimate of drug-likeness (QED) is 0.909. The highest BCUT2D eigenvalue weighted by Crippen LogP contribution is 2.22. The maximum atomic E-state index is 8.89. The lowest BCUT2D eigenvalue weighted by atomic mass is 10.1. The summed E-state index contributed by atoms with van der Waals surface area (Å²) in [6.45, 7) is 0.763. The van der Waals surface area contributed by atoms with E-state index in [4.69, 9.17) is 16.9 Å². The van der Waals surface area contributed by atoms with Crippen LogP contribution in [0.1, 0.15) is 17.2 Å². The number of hydrogen-bond donors (Lipinski definition) is 1. The SMILES string of the molecule is CN(C)C(CNc1ccc(C#N)c(Cl)c1)c1ccccc1. The molecule has 0 aliphatic rings. The molecule has 2 aromatic carbocycles. The summed E-state index contributed by atoms with van der Waals surface area (Å²) < 4.78 is 0. The summed E-state index contributed by atoms with van der Waals surface area (Å²) in [6, 6.07) is 18.1. The molecule has 0 saturated heterocycles. The number of anilines is 1. The molecular weight excluding hydrogens is 282 g/mol. The molecule has 2 aromatic rings. The van der Waals surface area contributed by atoms with Crippen LogP contribution < -0.4 is 5.32 Å². The van der Waals surface area contributed by atoms with Crippen LogP contribution in [0.5, 0.6) is 0 Å². The van der Waals surface area contributed by atoms with Gasteiger partial charge in [0.1, 0.15) is 6.07 Å². The molecule has 1 unspecified atom stereocenters. The lowest BCUT2D eigenvalue weighted by Crippen LogP contribution is -2.26. The number of hydrogen-bond acceptors (Lipinski definition) is 3. The van der Waals surface area contributed by atoms with Crippen molar-refractivity contribution in [1.29, 1.82) is 5.26 Å². The van der Waals surface area contributed by atoms with Gasteiger partial charge in [-0.05, 0) is 37.9 Å². The minimum Gasteiger partial charge on any atom is -0.383 e. The number of likely N-dealkylation sites (N-methyl/N-ethyl adjacent to an activating group) is 1. The molecule has 0 spiro atoms. The Balaban J connectivity index is 2.10. The molecule has 0 heterocycles. The summed E-state index contributed by atoms with van der Waals surface area (Å²) in [6.07, 6.45) is 0. The highest BCUT2D eigenvalue weighted by molar-refractivity contribution is 6.32. The third kappa shape index (κ3) is 3.98. The Morgan fingerprint density at radius 1 is 1.19 bits per heavy atom. The predicted molar refractivity (Wildman–Crippen MR) is 87.5 cm³/mol. The Labute approximate surface area is 130 Å². The van der Waals surface area contributed by atoms with Crippen molar-refractivity contribution in [3.8, 4) is 6.07 Å². The van der Waals surface area contributed by atoms with Crippen molar-refractivity contribution in [3.05, 3.63) is 64.7 Å². The first-order valence-corrected chi connectivity index (χ1v) is 7.14. The zero-order valence-electron chi connectivity index (χ0n) is 12.2. The normalized spacial score (nSPS) is 12.0. The van der Waals surface area contributed by atoms with E-state index in [0.717, 1.165) is 12.2 Å². The van der Waals surface area contributed by atoms with Crippen molar-refractivity contribution in [1.82, 2.24) is 4.90 Å².